The van der Waals surface area contributed by atoms with E-state index in [1.165, 1.54) is 30.2 Å². The Balaban J connectivity index is 2.01. The van der Waals surface area contributed by atoms with Crippen LogP contribution in [0, 0.1) is 18.6 Å². The van der Waals surface area contributed by atoms with Crippen molar-refractivity contribution in [3.8, 4) is 0 Å². The second kappa shape index (κ2) is 5.49. The lowest BCUT2D eigenvalue weighted by Gasteiger charge is -2.11. The van der Waals surface area contributed by atoms with Crippen LogP contribution in [0.3, 0.4) is 0 Å². The maximum absolute atomic E-state index is 13.5. The average Bonchev–Trinajstić information content (AvgIpc) is 2.72. The molecule has 96 valence electrons. The summed E-state index contributed by atoms with van der Waals surface area (Å²) in [6.45, 7) is 1.81. The maximum atomic E-state index is 13.5. The normalized spacial score (nSPS) is 12.7. The van der Waals surface area contributed by atoms with E-state index < -0.39 is 17.7 Å². The molecule has 1 heterocycles. The molecule has 2 rings (SSSR count). The number of oxazole rings is 1. The largest absolute Gasteiger partial charge is 0.440 e. The first-order chi connectivity index (χ1) is 8.56. The Morgan fingerprint density at radius 3 is 2.83 bits per heavy atom. The molecule has 0 saturated heterocycles. The van der Waals surface area contributed by atoms with Gasteiger partial charge in [0, 0.05) is 23.4 Å². The number of hydrogen-bond acceptors (Lipinski definition) is 4. The minimum absolute atomic E-state index is 0.284. The molecular formula is C12H12F2N2OS. The van der Waals surface area contributed by atoms with Crippen LogP contribution in [0.5, 0.6) is 0 Å². The fourth-order valence-electron chi connectivity index (χ4n) is 1.45. The quantitative estimate of drug-likeness (QED) is 0.867. The Labute approximate surface area is 107 Å². The molecule has 2 aromatic rings. The Morgan fingerprint density at radius 1 is 1.44 bits per heavy atom. The lowest BCUT2D eigenvalue weighted by atomic mass is 10.1. The monoisotopic (exact) mass is 270 g/mol. The average molecular weight is 270 g/mol. The molecule has 1 aromatic heterocycles. The fourth-order valence-corrected chi connectivity index (χ4v) is 2.28. The van der Waals surface area contributed by atoms with Crippen LogP contribution in [0.2, 0.25) is 0 Å². The molecule has 0 aliphatic rings. The number of benzene rings is 1. The van der Waals surface area contributed by atoms with Crippen molar-refractivity contribution in [1.29, 1.82) is 0 Å². The molecule has 0 aliphatic carbocycles. The van der Waals surface area contributed by atoms with Crippen LogP contribution in [0.4, 0.5) is 8.78 Å². The van der Waals surface area contributed by atoms with Gasteiger partial charge in [0.05, 0.1) is 5.69 Å². The number of thioether (sulfide) groups is 1. The summed E-state index contributed by atoms with van der Waals surface area (Å²) in [5.41, 5.74) is 6.91. The highest BCUT2D eigenvalue weighted by Crippen LogP contribution is 2.24. The predicted octanol–water partition coefficient (Wildman–Crippen LogP) is 3.05. The summed E-state index contributed by atoms with van der Waals surface area (Å²) in [5.74, 6) is -0.839. The van der Waals surface area contributed by atoms with Crippen LogP contribution < -0.4 is 5.73 Å². The molecule has 6 heteroatoms. The van der Waals surface area contributed by atoms with Crippen LogP contribution >= 0.6 is 11.8 Å². The Kier molecular flexibility index (Phi) is 3.98. The first kappa shape index (κ1) is 13.0. The molecule has 0 bridgehead atoms. The SMILES string of the molecule is Cc1coc(SCC(N)c2ccc(F)cc2F)n1. The summed E-state index contributed by atoms with van der Waals surface area (Å²) in [5, 5.41) is 0.491. The van der Waals surface area contributed by atoms with Crippen molar-refractivity contribution in [1.82, 2.24) is 4.98 Å². The topological polar surface area (TPSA) is 52.0 Å². The van der Waals surface area contributed by atoms with Crippen molar-refractivity contribution in [3.63, 3.8) is 0 Å². The van der Waals surface area contributed by atoms with Crippen LogP contribution in [0.15, 0.2) is 34.1 Å². The third kappa shape index (κ3) is 3.08. The maximum Gasteiger partial charge on any atom is 0.255 e. The molecule has 0 spiro atoms. The van der Waals surface area contributed by atoms with E-state index in [4.69, 9.17) is 10.2 Å². The smallest absolute Gasteiger partial charge is 0.255 e. The second-order valence-corrected chi connectivity index (χ2v) is 4.81. The van der Waals surface area contributed by atoms with E-state index >= 15 is 0 Å². The molecule has 1 unspecified atom stereocenters. The Bertz CT molecular complexity index is 545. The van der Waals surface area contributed by atoms with Gasteiger partial charge >= 0.3 is 0 Å². The summed E-state index contributed by atoms with van der Waals surface area (Å²) in [6, 6.07) is 2.84. The van der Waals surface area contributed by atoms with Crippen molar-refractivity contribution in [2.24, 2.45) is 5.73 Å². The Hall–Kier alpha value is -1.40. The van der Waals surface area contributed by atoms with Gasteiger partial charge in [-0.1, -0.05) is 17.8 Å². The molecule has 3 nitrogen and oxygen atoms in total. The van der Waals surface area contributed by atoms with E-state index in [1.54, 1.807) is 0 Å². The van der Waals surface area contributed by atoms with Gasteiger partial charge in [-0.25, -0.2) is 13.8 Å². The van der Waals surface area contributed by atoms with E-state index in [0.717, 1.165) is 11.8 Å². The van der Waals surface area contributed by atoms with Crippen LogP contribution in [0.25, 0.3) is 0 Å². The van der Waals surface area contributed by atoms with E-state index in [1.807, 2.05) is 6.92 Å². The number of rotatable bonds is 4. The minimum atomic E-state index is -0.633. The summed E-state index contributed by atoms with van der Waals surface area (Å²) in [6.07, 6.45) is 1.53. The number of hydrogen-bond donors (Lipinski definition) is 1. The summed E-state index contributed by atoms with van der Waals surface area (Å²) < 4.78 is 31.4. The molecule has 0 fully saturated rings. The zero-order chi connectivity index (χ0) is 13.1. The second-order valence-electron chi connectivity index (χ2n) is 3.84. The van der Waals surface area contributed by atoms with Gasteiger partial charge in [0.25, 0.3) is 5.22 Å². The zero-order valence-electron chi connectivity index (χ0n) is 9.69. The molecular weight excluding hydrogens is 258 g/mol. The van der Waals surface area contributed by atoms with Crippen molar-refractivity contribution >= 4 is 11.8 Å². The van der Waals surface area contributed by atoms with Crippen molar-refractivity contribution in [2.45, 2.75) is 18.2 Å². The lowest BCUT2D eigenvalue weighted by molar-refractivity contribution is 0.453. The highest BCUT2D eigenvalue weighted by molar-refractivity contribution is 7.99. The molecule has 1 aromatic carbocycles. The highest BCUT2D eigenvalue weighted by atomic mass is 32.2. The van der Waals surface area contributed by atoms with Gasteiger partial charge < -0.3 is 10.2 Å². The van der Waals surface area contributed by atoms with Crippen LogP contribution in [0.1, 0.15) is 17.3 Å². The number of nitrogens with zero attached hydrogens (tertiary/aromatic N) is 1. The third-order valence-electron chi connectivity index (χ3n) is 2.35. The van der Waals surface area contributed by atoms with E-state index in [-0.39, 0.29) is 5.56 Å². The first-order valence-corrected chi connectivity index (χ1v) is 6.30. The van der Waals surface area contributed by atoms with Crippen LogP contribution in [-0.4, -0.2) is 10.7 Å². The third-order valence-corrected chi connectivity index (χ3v) is 3.31. The van der Waals surface area contributed by atoms with Crippen molar-refractivity contribution in [3.05, 3.63) is 47.4 Å². The summed E-state index contributed by atoms with van der Waals surface area (Å²) in [4.78, 5) is 4.10. The van der Waals surface area contributed by atoms with Gasteiger partial charge in [-0.3, -0.25) is 0 Å². The van der Waals surface area contributed by atoms with Crippen molar-refractivity contribution < 1.29 is 13.2 Å². The number of aryl methyl sites for hydroxylation is 1. The molecule has 0 radical (unpaired) electrons. The number of nitrogens with two attached hydrogens (primary N) is 1. The van der Waals surface area contributed by atoms with Gasteiger partial charge in [-0.2, -0.15) is 0 Å². The molecule has 0 saturated carbocycles. The molecule has 18 heavy (non-hydrogen) atoms. The van der Waals surface area contributed by atoms with Crippen LogP contribution in [-0.2, 0) is 0 Å². The lowest BCUT2D eigenvalue weighted by Crippen LogP contribution is -2.14. The van der Waals surface area contributed by atoms with Gasteiger partial charge in [0.15, 0.2) is 0 Å². The zero-order valence-corrected chi connectivity index (χ0v) is 10.5. The molecule has 0 amide bonds. The number of halogens is 2. The fraction of sp³-hybridized carbons (Fsp3) is 0.250. The van der Waals surface area contributed by atoms with E-state index in [9.17, 15) is 8.78 Å². The molecule has 0 aliphatic heterocycles. The Morgan fingerprint density at radius 2 is 2.22 bits per heavy atom. The predicted molar refractivity (Wildman–Crippen MR) is 65.3 cm³/mol. The van der Waals surface area contributed by atoms with E-state index in [2.05, 4.69) is 4.98 Å². The van der Waals surface area contributed by atoms with Crippen molar-refractivity contribution in [2.75, 3.05) is 5.75 Å². The summed E-state index contributed by atoms with van der Waals surface area (Å²) >= 11 is 1.29. The summed E-state index contributed by atoms with van der Waals surface area (Å²) in [7, 11) is 0. The minimum Gasteiger partial charge on any atom is -0.440 e. The van der Waals surface area contributed by atoms with Gasteiger partial charge in [0.2, 0.25) is 0 Å². The molecule has 1 atom stereocenters. The number of aromatic nitrogens is 1. The van der Waals surface area contributed by atoms with E-state index in [0.29, 0.717) is 11.0 Å². The highest BCUT2D eigenvalue weighted by Gasteiger charge is 2.14. The first-order valence-electron chi connectivity index (χ1n) is 5.31. The standard InChI is InChI=1S/C12H12F2N2OS/c1-7-5-17-12(16-7)18-6-11(15)9-3-2-8(13)4-10(9)14/h2-5,11H,6,15H2,1H3. The van der Waals surface area contributed by atoms with Gasteiger partial charge in [0.1, 0.15) is 17.9 Å². The van der Waals surface area contributed by atoms with Gasteiger partial charge in [-0.15, -0.1) is 0 Å². The molecule has 2 N–H and O–H groups in total. The van der Waals surface area contributed by atoms with Gasteiger partial charge in [-0.05, 0) is 13.0 Å².